The van der Waals surface area contributed by atoms with Gasteiger partial charge in [-0.2, -0.15) is 13.2 Å². The van der Waals surface area contributed by atoms with Gasteiger partial charge in [0.1, 0.15) is 24.3 Å². The molecule has 2 aromatic carbocycles. The number of hydrogen-bond donors (Lipinski definition) is 0. The highest BCUT2D eigenvalue weighted by Crippen LogP contribution is 2.33. The van der Waals surface area contributed by atoms with Crippen LogP contribution in [-0.4, -0.2) is 43.2 Å². The van der Waals surface area contributed by atoms with E-state index < -0.39 is 29.6 Å². The lowest BCUT2D eigenvalue weighted by molar-refractivity contribution is -0.138. The van der Waals surface area contributed by atoms with E-state index in [0.717, 1.165) is 24.3 Å². The van der Waals surface area contributed by atoms with E-state index in [0.29, 0.717) is 23.9 Å². The Kier molecular flexibility index (Phi) is 6.98. The summed E-state index contributed by atoms with van der Waals surface area (Å²) in [5, 5.41) is 0. The zero-order valence-electron chi connectivity index (χ0n) is 16.4. The van der Waals surface area contributed by atoms with E-state index >= 15 is 0 Å². The summed E-state index contributed by atoms with van der Waals surface area (Å²) in [4.78, 5) is 13.9. The topological polar surface area (TPSA) is 38.8 Å². The summed E-state index contributed by atoms with van der Waals surface area (Å²) in [6.45, 7) is 0.954. The smallest absolute Gasteiger partial charge is 0.417 e. The number of amides is 1. The lowest BCUT2D eigenvalue weighted by Crippen LogP contribution is -2.47. The minimum Gasteiger partial charge on any atom is -0.491 e. The van der Waals surface area contributed by atoms with Crippen LogP contribution in [0, 0.1) is 18.2 Å². The van der Waals surface area contributed by atoms with E-state index in [1.807, 2.05) is 0 Å². The quantitative estimate of drug-likeness (QED) is 0.404. The molecule has 1 aliphatic heterocycles. The molecule has 162 valence electrons. The van der Waals surface area contributed by atoms with E-state index in [1.165, 1.54) is 4.90 Å². The molecule has 4 nitrogen and oxygen atoms in total. The molecule has 2 aromatic rings. The number of benzene rings is 2. The molecule has 0 bridgehead atoms. The van der Waals surface area contributed by atoms with Crippen molar-refractivity contribution < 1.29 is 31.8 Å². The second-order valence-electron chi connectivity index (χ2n) is 6.82. The van der Waals surface area contributed by atoms with Gasteiger partial charge in [-0.3, -0.25) is 4.79 Å². The van der Waals surface area contributed by atoms with Gasteiger partial charge < -0.3 is 14.4 Å². The maximum absolute atomic E-state index is 13.2. The Morgan fingerprint density at radius 2 is 2.10 bits per heavy atom. The molecule has 1 heterocycles. The van der Waals surface area contributed by atoms with Crippen molar-refractivity contribution in [2.24, 2.45) is 0 Å². The first kappa shape index (κ1) is 22.4. The third kappa shape index (κ3) is 6.09. The van der Waals surface area contributed by atoms with Crippen molar-refractivity contribution in [1.82, 2.24) is 4.90 Å². The number of rotatable bonds is 5. The van der Waals surface area contributed by atoms with Crippen LogP contribution in [0.3, 0.4) is 0 Å². The molecular formula is C23H19F4NO3. The average molecular weight is 433 g/mol. The van der Waals surface area contributed by atoms with Crippen LogP contribution < -0.4 is 4.74 Å². The largest absolute Gasteiger partial charge is 0.491 e. The number of carbonyl (C=O) groups is 1. The fraction of sp³-hybridized carbons (Fsp3) is 0.261. The monoisotopic (exact) mass is 433 g/mol. The molecule has 0 aromatic heterocycles. The standard InChI is InChI=1S/C23H19F4NO3/c1-2-16-4-3-5-19(12-16)31-15-20-14-28(10-11-30-20)22(29)9-7-17-6-8-18(24)13-21(17)23(25,26)27/h1,3-9,12-13,20H,10-11,14-15H2. The van der Waals surface area contributed by atoms with Crippen molar-refractivity contribution in [3.63, 3.8) is 0 Å². The van der Waals surface area contributed by atoms with E-state index in [9.17, 15) is 22.4 Å². The SMILES string of the molecule is C#Cc1cccc(OCC2CN(C(=O)C=Cc3ccc(F)cc3C(F)(F)F)CCO2)c1. The summed E-state index contributed by atoms with van der Waals surface area (Å²) in [6.07, 6.45) is 2.30. The Morgan fingerprint density at radius 3 is 2.84 bits per heavy atom. The van der Waals surface area contributed by atoms with Crippen LogP contribution >= 0.6 is 0 Å². The Morgan fingerprint density at radius 1 is 1.29 bits per heavy atom. The van der Waals surface area contributed by atoms with Gasteiger partial charge in [0.05, 0.1) is 18.7 Å². The highest BCUT2D eigenvalue weighted by atomic mass is 19.4. The van der Waals surface area contributed by atoms with Crippen LogP contribution in [0.4, 0.5) is 17.6 Å². The van der Waals surface area contributed by atoms with Crippen LogP contribution in [0.2, 0.25) is 0 Å². The normalized spacial score (nSPS) is 16.9. The molecule has 3 rings (SSSR count). The zero-order chi connectivity index (χ0) is 22.4. The number of hydrogen-bond acceptors (Lipinski definition) is 3. The second kappa shape index (κ2) is 9.67. The molecule has 1 amide bonds. The van der Waals surface area contributed by atoms with Crippen LogP contribution in [0.25, 0.3) is 6.08 Å². The summed E-state index contributed by atoms with van der Waals surface area (Å²) in [5.74, 6) is 1.60. The summed E-state index contributed by atoms with van der Waals surface area (Å²) >= 11 is 0. The van der Waals surface area contributed by atoms with Crippen molar-refractivity contribution in [1.29, 1.82) is 0 Å². The predicted octanol–water partition coefficient (Wildman–Crippen LogP) is 4.15. The van der Waals surface area contributed by atoms with Crippen molar-refractivity contribution in [3.8, 4) is 18.1 Å². The van der Waals surface area contributed by atoms with Crippen LogP contribution in [0.1, 0.15) is 16.7 Å². The number of ether oxygens (including phenoxy) is 2. The van der Waals surface area contributed by atoms with Gasteiger partial charge in [0, 0.05) is 18.2 Å². The molecule has 31 heavy (non-hydrogen) atoms. The Labute approximate surface area is 177 Å². The van der Waals surface area contributed by atoms with Gasteiger partial charge in [-0.1, -0.05) is 18.1 Å². The van der Waals surface area contributed by atoms with Crippen LogP contribution in [-0.2, 0) is 15.7 Å². The van der Waals surface area contributed by atoms with Gasteiger partial charge in [-0.05, 0) is 42.0 Å². The predicted molar refractivity (Wildman–Crippen MR) is 107 cm³/mol. The van der Waals surface area contributed by atoms with Gasteiger partial charge in [0.25, 0.3) is 0 Å². The average Bonchev–Trinajstić information content (AvgIpc) is 2.76. The molecule has 1 aliphatic rings. The minimum absolute atomic E-state index is 0.178. The summed E-state index contributed by atoms with van der Waals surface area (Å²) in [6, 6.07) is 9.28. The number of nitrogens with zero attached hydrogens (tertiary/aromatic N) is 1. The first-order valence-electron chi connectivity index (χ1n) is 9.41. The minimum atomic E-state index is -4.73. The third-order valence-electron chi connectivity index (χ3n) is 4.61. The highest BCUT2D eigenvalue weighted by Gasteiger charge is 2.33. The molecule has 0 N–H and O–H groups in total. The number of morpholine rings is 1. The van der Waals surface area contributed by atoms with Crippen molar-refractivity contribution in [2.75, 3.05) is 26.3 Å². The maximum Gasteiger partial charge on any atom is 0.417 e. The van der Waals surface area contributed by atoms with E-state index in [-0.39, 0.29) is 25.3 Å². The maximum atomic E-state index is 13.2. The van der Waals surface area contributed by atoms with Crippen LogP contribution in [0.15, 0.2) is 48.5 Å². The Hall–Kier alpha value is -3.31. The van der Waals surface area contributed by atoms with E-state index in [1.54, 1.807) is 24.3 Å². The lowest BCUT2D eigenvalue weighted by Gasteiger charge is -2.32. The molecule has 0 saturated carbocycles. The highest BCUT2D eigenvalue weighted by molar-refractivity contribution is 5.92. The molecule has 8 heteroatoms. The van der Waals surface area contributed by atoms with Crippen molar-refractivity contribution >= 4 is 12.0 Å². The Balaban J connectivity index is 1.62. The fourth-order valence-electron chi connectivity index (χ4n) is 3.07. The van der Waals surface area contributed by atoms with Gasteiger partial charge in [-0.15, -0.1) is 6.42 Å². The third-order valence-corrected chi connectivity index (χ3v) is 4.61. The molecule has 1 atom stereocenters. The molecule has 1 unspecified atom stereocenters. The van der Waals surface area contributed by atoms with Gasteiger partial charge in [0.2, 0.25) is 5.91 Å². The summed E-state index contributed by atoms with van der Waals surface area (Å²) in [5.41, 5.74) is -0.759. The number of alkyl halides is 3. The molecule has 1 saturated heterocycles. The van der Waals surface area contributed by atoms with Gasteiger partial charge in [-0.25, -0.2) is 4.39 Å². The van der Waals surface area contributed by atoms with E-state index in [4.69, 9.17) is 15.9 Å². The molecule has 0 radical (unpaired) electrons. The van der Waals surface area contributed by atoms with Crippen molar-refractivity contribution in [3.05, 3.63) is 71.0 Å². The van der Waals surface area contributed by atoms with Crippen LogP contribution in [0.5, 0.6) is 5.75 Å². The lowest BCUT2D eigenvalue weighted by atomic mass is 10.1. The van der Waals surface area contributed by atoms with Crippen molar-refractivity contribution in [2.45, 2.75) is 12.3 Å². The first-order chi connectivity index (χ1) is 14.8. The summed E-state index contributed by atoms with van der Waals surface area (Å²) < 4.78 is 63.8. The van der Waals surface area contributed by atoms with Gasteiger partial charge >= 0.3 is 6.18 Å². The molecule has 0 aliphatic carbocycles. The molecular weight excluding hydrogens is 414 g/mol. The number of terminal acetylenes is 1. The van der Waals surface area contributed by atoms with Gasteiger partial charge in [0.15, 0.2) is 0 Å². The number of carbonyl (C=O) groups excluding carboxylic acids is 1. The second-order valence-corrected chi connectivity index (χ2v) is 6.82. The molecule has 0 spiro atoms. The number of halogens is 4. The first-order valence-corrected chi connectivity index (χ1v) is 9.41. The molecule has 1 fully saturated rings. The summed E-state index contributed by atoms with van der Waals surface area (Å²) in [7, 11) is 0. The zero-order valence-corrected chi connectivity index (χ0v) is 16.4. The fourth-order valence-corrected chi connectivity index (χ4v) is 3.07. The Bertz CT molecular complexity index is 1010. The van der Waals surface area contributed by atoms with E-state index in [2.05, 4.69) is 5.92 Å².